The lowest BCUT2D eigenvalue weighted by atomic mass is 10.2. The number of hydrogen-bond donors (Lipinski definition) is 3. The van der Waals surface area contributed by atoms with Crippen molar-refractivity contribution < 1.29 is 19.4 Å². The fourth-order valence-electron chi connectivity index (χ4n) is 3.30. The molecule has 7 heteroatoms. The minimum Gasteiger partial charge on any atom is -0.494 e. The zero-order valence-corrected chi connectivity index (χ0v) is 18.8. The second kappa shape index (κ2) is 11.7. The predicted octanol–water partition coefficient (Wildman–Crippen LogP) is 4.16. The Morgan fingerprint density at radius 3 is 2.12 bits per heavy atom. The number of hydrogen-bond acceptors (Lipinski definition) is 5. The molecule has 3 rings (SSSR count). The molecule has 0 heterocycles. The lowest BCUT2D eigenvalue weighted by Crippen LogP contribution is -2.37. The monoisotopic (exact) mass is 447 g/mol. The number of carbonyl (C=O) groups is 2. The highest BCUT2D eigenvalue weighted by Crippen LogP contribution is 2.18. The van der Waals surface area contributed by atoms with Crippen LogP contribution < -0.4 is 20.3 Å². The lowest BCUT2D eigenvalue weighted by Gasteiger charge is -2.25. The van der Waals surface area contributed by atoms with Gasteiger partial charge >= 0.3 is 0 Å². The number of aliphatic hydroxyl groups excluding tert-OH is 1. The van der Waals surface area contributed by atoms with Gasteiger partial charge in [0.15, 0.2) is 0 Å². The van der Waals surface area contributed by atoms with Gasteiger partial charge in [0.05, 0.1) is 19.3 Å². The predicted molar refractivity (Wildman–Crippen MR) is 131 cm³/mol. The third-order valence-corrected chi connectivity index (χ3v) is 4.79. The number of benzene rings is 3. The lowest BCUT2D eigenvalue weighted by molar-refractivity contribution is -0.115. The normalized spacial score (nSPS) is 11.4. The van der Waals surface area contributed by atoms with Gasteiger partial charge in [0.1, 0.15) is 5.75 Å². The molecule has 0 fully saturated rings. The summed E-state index contributed by atoms with van der Waals surface area (Å²) in [6, 6.07) is 23.3. The van der Waals surface area contributed by atoms with E-state index < -0.39 is 6.10 Å². The number of rotatable bonds is 10. The number of ether oxygens (including phenoxy) is 1. The molecule has 0 saturated heterocycles. The van der Waals surface area contributed by atoms with Crippen LogP contribution in [0.3, 0.4) is 0 Å². The molecule has 1 atom stereocenters. The van der Waals surface area contributed by atoms with Gasteiger partial charge in [0, 0.05) is 29.2 Å². The van der Waals surface area contributed by atoms with Crippen molar-refractivity contribution in [2.45, 2.75) is 20.0 Å². The molecule has 0 saturated carbocycles. The standard InChI is InChI=1S/C26H29N3O4/c1-3-33-24-15-13-22(14-16-24)28-26(32)20-9-11-21(12-10-20)27-25(31)18-29(17-19(2)30)23-7-5-4-6-8-23/h4-16,19,30H,3,17-18H2,1-2H3,(H,27,31)(H,28,32). The van der Waals surface area contributed by atoms with Crippen molar-refractivity contribution in [1.29, 1.82) is 0 Å². The minimum absolute atomic E-state index is 0.0922. The summed E-state index contributed by atoms with van der Waals surface area (Å²) in [4.78, 5) is 26.9. The van der Waals surface area contributed by atoms with E-state index >= 15 is 0 Å². The second-order valence-electron chi connectivity index (χ2n) is 7.60. The van der Waals surface area contributed by atoms with Crippen molar-refractivity contribution in [2.75, 3.05) is 35.2 Å². The average molecular weight is 448 g/mol. The Morgan fingerprint density at radius 2 is 1.52 bits per heavy atom. The van der Waals surface area contributed by atoms with Crippen LogP contribution in [0.4, 0.5) is 17.1 Å². The van der Waals surface area contributed by atoms with E-state index in [-0.39, 0.29) is 18.4 Å². The van der Waals surface area contributed by atoms with Gasteiger partial charge in [-0.25, -0.2) is 0 Å². The highest BCUT2D eigenvalue weighted by Gasteiger charge is 2.14. The quantitative estimate of drug-likeness (QED) is 0.434. The molecule has 0 aliphatic carbocycles. The maximum Gasteiger partial charge on any atom is 0.255 e. The van der Waals surface area contributed by atoms with Crippen molar-refractivity contribution >= 4 is 28.9 Å². The first-order valence-corrected chi connectivity index (χ1v) is 10.9. The van der Waals surface area contributed by atoms with E-state index in [1.165, 1.54) is 0 Å². The third kappa shape index (κ3) is 7.36. The molecule has 0 spiro atoms. The summed E-state index contributed by atoms with van der Waals surface area (Å²) in [6.45, 7) is 4.61. The molecule has 7 nitrogen and oxygen atoms in total. The Labute approximate surface area is 194 Å². The van der Waals surface area contributed by atoms with E-state index in [1.807, 2.05) is 42.2 Å². The van der Waals surface area contributed by atoms with Crippen LogP contribution >= 0.6 is 0 Å². The van der Waals surface area contributed by atoms with Gasteiger partial charge in [-0.05, 0) is 74.5 Å². The Kier molecular flexibility index (Phi) is 8.43. The molecule has 3 aromatic rings. The largest absolute Gasteiger partial charge is 0.494 e. The van der Waals surface area contributed by atoms with Gasteiger partial charge in [-0.15, -0.1) is 0 Å². The summed E-state index contributed by atoms with van der Waals surface area (Å²) in [7, 11) is 0. The summed E-state index contributed by atoms with van der Waals surface area (Å²) < 4.78 is 5.40. The Balaban J connectivity index is 1.57. The third-order valence-electron chi connectivity index (χ3n) is 4.79. The fourth-order valence-corrected chi connectivity index (χ4v) is 3.30. The van der Waals surface area contributed by atoms with Gasteiger partial charge in [-0.2, -0.15) is 0 Å². The molecule has 3 N–H and O–H groups in total. The molecule has 0 radical (unpaired) electrons. The van der Waals surface area contributed by atoms with Crippen molar-refractivity contribution in [1.82, 2.24) is 0 Å². The second-order valence-corrected chi connectivity index (χ2v) is 7.60. The van der Waals surface area contributed by atoms with Gasteiger partial charge in [0.25, 0.3) is 5.91 Å². The molecule has 0 aliphatic rings. The first-order chi connectivity index (χ1) is 15.9. The van der Waals surface area contributed by atoms with Crippen LogP contribution in [0, 0.1) is 0 Å². The van der Waals surface area contributed by atoms with Gasteiger partial charge in [-0.1, -0.05) is 18.2 Å². The van der Waals surface area contributed by atoms with Crippen molar-refractivity contribution in [2.24, 2.45) is 0 Å². The zero-order valence-electron chi connectivity index (χ0n) is 18.8. The maximum atomic E-state index is 12.6. The first kappa shape index (κ1) is 23.8. The molecule has 0 aliphatic heterocycles. The van der Waals surface area contributed by atoms with Crippen LogP contribution in [-0.2, 0) is 4.79 Å². The number of aliphatic hydroxyl groups is 1. The number of para-hydroxylation sites is 1. The molecule has 33 heavy (non-hydrogen) atoms. The van der Waals surface area contributed by atoms with Crippen LogP contribution in [0.1, 0.15) is 24.2 Å². The topological polar surface area (TPSA) is 90.9 Å². The number of nitrogens with one attached hydrogen (secondary N) is 2. The summed E-state index contributed by atoms with van der Waals surface area (Å²) in [6.07, 6.45) is -0.578. The fraction of sp³-hybridized carbons (Fsp3) is 0.231. The van der Waals surface area contributed by atoms with Crippen molar-refractivity contribution in [3.63, 3.8) is 0 Å². The van der Waals surface area contributed by atoms with Gasteiger partial charge in [-0.3, -0.25) is 9.59 Å². The number of anilines is 3. The van der Waals surface area contributed by atoms with E-state index in [9.17, 15) is 14.7 Å². The van der Waals surface area contributed by atoms with Crippen LogP contribution in [0.5, 0.6) is 5.75 Å². The van der Waals surface area contributed by atoms with Gasteiger partial charge in [0.2, 0.25) is 5.91 Å². The number of carbonyl (C=O) groups excluding carboxylic acids is 2. The van der Waals surface area contributed by atoms with E-state index in [0.717, 1.165) is 11.4 Å². The zero-order chi connectivity index (χ0) is 23.6. The summed E-state index contributed by atoms with van der Waals surface area (Å²) in [5, 5.41) is 15.5. The summed E-state index contributed by atoms with van der Waals surface area (Å²) in [5.41, 5.74) is 2.58. The molecule has 3 aromatic carbocycles. The Bertz CT molecular complexity index is 1040. The Hall–Kier alpha value is -3.84. The number of nitrogens with zero attached hydrogens (tertiary/aromatic N) is 1. The maximum absolute atomic E-state index is 12.6. The van der Waals surface area contributed by atoms with Crippen LogP contribution in [-0.4, -0.2) is 42.7 Å². The number of amides is 2. The smallest absolute Gasteiger partial charge is 0.255 e. The minimum atomic E-state index is -0.578. The molecule has 1 unspecified atom stereocenters. The van der Waals surface area contributed by atoms with E-state index in [2.05, 4.69) is 10.6 Å². The van der Waals surface area contributed by atoms with Crippen LogP contribution in [0.25, 0.3) is 0 Å². The van der Waals surface area contributed by atoms with Gasteiger partial charge < -0.3 is 25.4 Å². The SMILES string of the molecule is CCOc1ccc(NC(=O)c2ccc(NC(=O)CN(CC(C)O)c3ccccc3)cc2)cc1. The Morgan fingerprint density at radius 1 is 0.909 bits per heavy atom. The molecule has 2 amide bonds. The van der Waals surface area contributed by atoms with Crippen molar-refractivity contribution in [3.05, 3.63) is 84.4 Å². The highest BCUT2D eigenvalue weighted by molar-refractivity contribution is 6.04. The van der Waals surface area contributed by atoms with Crippen LogP contribution in [0.2, 0.25) is 0 Å². The average Bonchev–Trinajstić information content (AvgIpc) is 2.81. The molecular formula is C26H29N3O4. The van der Waals surface area contributed by atoms with Crippen LogP contribution in [0.15, 0.2) is 78.9 Å². The first-order valence-electron chi connectivity index (χ1n) is 10.9. The van der Waals surface area contributed by atoms with E-state index in [0.29, 0.717) is 30.1 Å². The summed E-state index contributed by atoms with van der Waals surface area (Å²) in [5.74, 6) is 0.283. The molecule has 172 valence electrons. The molecular weight excluding hydrogens is 418 g/mol. The highest BCUT2D eigenvalue weighted by atomic mass is 16.5. The summed E-state index contributed by atoms with van der Waals surface area (Å²) >= 11 is 0. The molecule has 0 aromatic heterocycles. The van der Waals surface area contributed by atoms with E-state index in [1.54, 1.807) is 55.5 Å². The molecule has 0 bridgehead atoms. The van der Waals surface area contributed by atoms with Crippen molar-refractivity contribution in [3.8, 4) is 5.75 Å². The van der Waals surface area contributed by atoms with E-state index in [4.69, 9.17) is 4.74 Å².